The monoisotopic (exact) mass is 293 g/mol. The van der Waals surface area contributed by atoms with Crippen molar-refractivity contribution in [3.63, 3.8) is 0 Å². The van der Waals surface area contributed by atoms with Crippen LogP contribution in [0.25, 0.3) is 0 Å². The normalized spacial score (nSPS) is 19.3. The molecule has 1 atom stereocenters. The molecule has 21 heavy (non-hydrogen) atoms. The number of piperidine rings is 1. The molecule has 0 saturated carbocycles. The number of carbonyl (C=O) groups is 1. The molecule has 0 bridgehead atoms. The average molecular weight is 293 g/mol. The number of carboxylic acids is 1. The summed E-state index contributed by atoms with van der Waals surface area (Å²) in [6.07, 6.45) is 3.23. The third-order valence-corrected chi connectivity index (χ3v) is 3.99. The Kier molecular flexibility index (Phi) is 3.88. The van der Waals surface area contributed by atoms with E-state index in [1.807, 2.05) is 4.90 Å². The number of aliphatic carboxylic acids is 1. The molecular weight excluding hydrogens is 274 g/mol. The number of likely N-dealkylation sites (tertiary alicyclic amines) is 1. The summed E-state index contributed by atoms with van der Waals surface area (Å²) in [6.45, 7) is 1.73. The first-order valence-corrected chi connectivity index (χ1v) is 7.15. The molecule has 6 heteroatoms. The van der Waals surface area contributed by atoms with Crippen LogP contribution in [-0.2, 0) is 4.79 Å². The van der Waals surface area contributed by atoms with Crippen LogP contribution in [0, 0.1) is 0 Å². The molecule has 1 fully saturated rings. The van der Waals surface area contributed by atoms with E-state index in [2.05, 4.69) is 0 Å². The van der Waals surface area contributed by atoms with Crippen LogP contribution in [0.2, 0.25) is 0 Å². The molecular formula is C15H19NO5. The van der Waals surface area contributed by atoms with Crippen LogP contribution in [0.15, 0.2) is 12.1 Å². The van der Waals surface area contributed by atoms with Crippen LogP contribution < -0.4 is 14.2 Å². The number of benzene rings is 1. The second-order valence-corrected chi connectivity index (χ2v) is 5.29. The molecule has 3 rings (SSSR count). The summed E-state index contributed by atoms with van der Waals surface area (Å²) in [5.41, 5.74) is 0.672. The predicted octanol–water partition coefficient (Wildman–Crippen LogP) is 2.04. The Morgan fingerprint density at radius 2 is 2.05 bits per heavy atom. The smallest absolute Gasteiger partial charge is 0.325 e. The van der Waals surface area contributed by atoms with Gasteiger partial charge in [-0.25, -0.2) is 0 Å². The molecule has 6 nitrogen and oxygen atoms in total. The SMILES string of the molecule is COc1cc(C(C(=O)O)N2CCCCC2)cc2c1OCO2. The third kappa shape index (κ3) is 2.63. The van der Waals surface area contributed by atoms with Crippen LogP contribution in [0.1, 0.15) is 30.9 Å². The summed E-state index contributed by atoms with van der Waals surface area (Å²) in [7, 11) is 1.54. The van der Waals surface area contributed by atoms with Crippen LogP contribution >= 0.6 is 0 Å². The van der Waals surface area contributed by atoms with Gasteiger partial charge in [-0.3, -0.25) is 9.69 Å². The maximum atomic E-state index is 11.7. The van der Waals surface area contributed by atoms with E-state index < -0.39 is 12.0 Å². The van der Waals surface area contributed by atoms with Crippen molar-refractivity contribution < 1.29 is 24.1 Å². The molecule has 2 aliphatic rings. The molecule has 0 radical (unpaired) electrons. The molecule has 2 aliphatic heterocycles. The van der Waals surface area contributed by atoms with Crippen LogP contribution in [0.5, 0.6) is 17.2 Å². The van der Waals surface area contributed by atoms with Gasteiger partial charge in [-0.1, -0.05) is 6.42 Å². The van der Waals surface area contributed by atoms with Gasteiger partial charge in [-0.2, -0.15) is 0 Å². The van der Waals surface area contributed by atoms with Gasteiger partial charge in [0, 0.05) is 0 Å². The number of fused-ring (bicyclic) bond motifs is 1. The highest BCUT2D eigenvalue weighted by atomic mass is 16.7. The Morgan fingerprint density at radius 1 is 1.29 bits per heavy atom. The van der Waals surface area contributed by atoms with E-state index >= 15 is 0 Å². The fourth-order valence-electron chi connectivity index (χ4n) is 2.99. The predicted molar refractivity (Wildman–Crippen MR) is 74.9 cm³/mol. The zero-order chi connectivity index (χ0) is 14.8. The first-order valence-electron chi connectivity index (χ1n) is 7.15. The second kappa shape index (κ2) is 5.81. The lowest BCUT2D eigenvalue weighted by Crippen LogP contribution is -2.37. The van der Waals surface area contributed by atoms with Crippen LogP contribution in [0.4, 0.5) is 0 Å². The van der Waals surface area contributed by atoms with Crippen molar-refractivity contribution in [2.24, 2.45) is 0 Å². The molecule has 0 aromatic heterocycles. The Morgan fingerprint density at radius 3 is 2.71 bits per heavy atom. The first-order chi connectivity index (χ1) is 10.2. The van der Waals surface area contributed by atoms with E-state index in [-0.39, 0.29) is 6.79 Å². The van der Waals surface area contributed by atoms with Crippen molar-refractivity contribution in [1.82, 2.24) is 4.90 Å². The van der Waals surface area contributed by atoms with Crippen LogP contribution in [0.3, 0.4) is 0 Å². The summed E-state index contributed by atoms with van der Waals surface area (Å²) in [4.78, 5) is 13.7. The van der Waals surface area contributed by atoms with Gasteiger partial charge in [0.25, 0.3) is 0 Å². The number of carboxylic acid groups (broad SMARTS) is 1. The second-order valence-electron chi connectivity index (χ2n) is 5.29. The van der Waals surface area contributed by atoms with Crippen LogP contribution in [-0.4, -0.2) is 43.0 Å². The van der Waals surface area contributed by atoms with Crippen molar-refractivity contribution in [1.29, 1.82) is 0 Å². The lowest BCUT2D eigenvalue weighted by Gasteiger charge is -2.32. The zero-order valence-electron chi connectivity index (χ0n) is 12.0. The average Bonchev–Trinajstić information content (AvgIpc) is 2.95. The van der Waals surface area contributed by atoms with Crippen molar-refractivity contribution >= 4 is 5.97 Å². The summed E-state index contributed by atoms with van der Waals surface area (Å²) < 4.78 is 16.0. The first kappa shape index (κ1) is 14.0. The number of nitrogens with zero attached hydrogens (tertiary/aromatic N) is 1. The van der Waals surface area contributed by atoms with E-state index in [4.69, 9.17) is 14.2 Å². The maximum Gasteiger partial charge on any atom is 0.325 e. The standard InChI is InChI=1S/C15H19NO5/c1-19-11-7-10(8-12-14(11)21-9-20-12)13(15(17)18)16-5-3-2-4-6-16/h7-8,13H,2-6,9H2,1H3,(H,17,18). The van der Waals surface area contributed by atoms with E-state index in [1.54, 1.807) is 12.1 Å². The molecule has 1 N–H and O–H groups in total. The molecule has 114 valence electrons. The van der Waals surface area contributed by atoms with E-state index in [0.29, 0.717) is 22.8 Å². The van der Waals surface area contributed by atoms with Crippen molar-refractivity contribution in [2.45, 2.75) is 25.3 Å². The number of methoxy groups -OCH3 is 1. The fourth-order valence-corrected chi connectivity index (χ4v) is 2.99. The summed E-state index contributed by atoms with van der Waals surface area (Å²) >= 11 is 0. The van der Waals surface area contributed by atoms with Gasteiger partial charge in [0.15, 0.2) is 11.5 Å². The molecule has 1 saturated heterocycles. The minimum Gasteiger partial charge on any atom is -0.493 e. The Labute approximate surface area is 123 Å². The molecule has 1 aromatic rings. The summed E-state index contributed by atoms with van der Waals surface area (Å²) in [5, 5.41) is 9.64. The molecule has 2 heterocycles. The van der Waals surface area contributed by atoms with Gasteiger partial charge in [0.05, 0.1) is 7.11 Å². The molecule has 0 amide bonds. The third-order valence-electron chi connectivity index (χ3n) is 3.99. The lowest BCUT2D eigenvalue weighted by molar-refractivity contribution is -0.144. The van der Waals surface area contributed by atoms with Gasteiger partial charge >= 0.3 is 5.97 Å². The minimum atomic E-state index is -0.849. The molecule has 1 aromatic carbocycles. The largest absolute Gasteiger partial charge is 0.493 e. The Balaban J connectivity index is 1.97. The lowest BCUT2D eigenvalue weighted by atomic mass is 10.0. The highest BCUT2D eigenvalue weighted by Gasteiger charge is 2.31. The number of hydrogen-bond donors (Lipinski definition) is 1. The Hall–Kier alpha value is -1.95. The van der Waals surface area contributed by atoms with Crippen molar-refractivity contribution in [2.75, 3.05) is 27.0 Å². The van der Waals surface area contributed by atoms with Gasteiger partial charge in [0.1, 0.15) is 6.04 Å². The quantitative estimate of drug-likeness (QED) is 0.916. The summed E-state index contributed by atoms with van der Waals surface area (Å²) in [5.74, 6) is 0.762. The Bertz CT molecular complexity index is 539. The zero-order valence-corrected chi connectivity index (χ0v) is 12.0. The maximum absolute atomic E-state index is 11.7. The number of rotatable bonds is 4. The fraction of sp³-hybridized carbons (Fsp3) is 0.533. The van der Waals surface area contributed by atoms with E-state index in [0.717, 1.165) is 32.4 Å². The molecule has 0 aliphatic carbocycles. The van der Waals surface area contributed by atoms with Gasteiger partial charge in [0.2, 0.25) is 12.5 Å². The minimum absolute atomic E-state index is 0.136. The number of hydrogen-bond acceptors (Lipinski definition) is 5. The van der Waals surface area contributed by atoms with Gasteiger partial charge in [-0.05, 0) is 43.6 Å². The number of ether oxygens (including phenoxy) is 3. The summed E-state index contributed by atoms with van der Waals surface area (Å²) in [6, 6.07) is 2.81. The topological polar surface area (TPSA) is 68.2 Å². The van der Waals surface area contributed by atoms with Crippen molar-refractivity contribution in [3.05, 3.63) is 17.7 Å². The van der Waals surface area contributed by atoms with Gasteiger partial charge < -0.3 is 19.3 Å². The van der Waals surface area contributed by atoms with Gasteiger partial charge in [-0.15, -0.1) is 0 Å². The van der Waals surface area contributed by atoms with E-state index in [9.17, 15) is 9.90 Å². The van der Waals surface area contributed by atoms with E-state index in [1.165, 1.54) is 7.11 Å². The molecule has 0 spiro atoms. The van der Waals surface area contributed by atoms with Crippen molar-refractivity contribution in [3.8, 4) is 17.2 Å². The highest BCUT2D eigenvalue weighted by molar-refractivity contribution is 5.76. The highest BCUT2D eigenvalue weighted by Crippen LogP contribution is 2.44. The molecule has 1 unspecified atom stereocenters.